The fourth-order valence-corrected chi connectivity index (χ4v) is 2.78. The van der Waals surface area contributed by atoms with E-state index >= 15 is 0 Å². The number of rotatable bonds is 2. The van der Waals surface area contributed by atoms with Crippen LogP contribution in [0.4, 0.5) is 0 Å². The number of hydrogen-bond acceptors (Lipinski definition) is 5. The molecule has 0 fully saturated rings. The predicted octanol–water partition coefficient (Wildman–Crippen LogP) is 3.39. The topological polar surface area (TPSA) is 68.9 Å². The molecule has 0 spiro atoms. The van der Waals surface area contributed by atoms with Crippen LogP contribution in [0.15, 0.2) is 60.9 Å². The molecule has 1 aromatic carbocycles. The first-order chi connectivity index (χ1) is 12.4. The van der Waals surface area contributed by atoms with Crippen LogP contribution in [0.25, 0.3) is 39.9 Å². The molecule has 4 aromatic heterocycles. The summed E-state index contributed by atoms with van der Waals surface area (Å²) in [6.45, 7) is 0. The predicted molar refractivity (Wildman–Crippen MR) is 96.8 cm³/mol. The van der Waals surface area contributed by atoms with Gasteiger partial charge in [0.2, 0.25) is 0 Å². The Morgan fingerprint density at radius 1 is 0.760 bits per heavy atom. The minimum Gasteiger partial charge on any atom is -0.255 e. The first kappa shape index (κ1) is 13.7. The Labute approximate surface area is 142 Å². The van der Waals surface area contributed by atoms with Gasteiger partial charge in [0.25, 0.3) is 0 Å². The first-order valence-electron chi connectivity index (χ1n) is 7.87. The Morgan fingerprint density at radius 2 is 1.68 bits per heavy atom. The molecule has 5 aromatic rings. The van der Waals surface area contributed by atoms with E-state index in [9.17, 15) is 0 Å². The van der Waals surface area contributed by atoms with Crippen LogP contribution < -0.4 is 0 Å². The van der Waals surface area contributed by atoms with Crippen molar-refractivity contribution in [3.63, 3.8) is 0 Å². The van der Waals surface area contributed by atoms with Gasteiger partial charge in [0.1, 0.15) is 0 Å². The molecule has 5 rings (SSSR count). The summed E-state index contributed by atoms with van der Waals surface area (Å²) in [5, 5.41) is 4.55. The smallest absolute Gasteiger partial charge is 0.175 e. The molecule has 0 N–H and O–H groups in total. The Hall–Kier alpha value is -3.67. The zero-order valence-electron chi connectivity index (χ0n) is 13.1. The van der Waals surface area contributed by atoms with Crippen molar-refractivity contribution in [1.29, 1.82) is 0 Å². The monoisotopic (exact) mass is 324 g/mol. The molecule has 25 heavy (non-hydrogen) atoms. The average Bonchev–Trinajstić information content (AvgIpc) is 3.10. The van der Waals surface area contributed by atoms with Gasteiger partial charge >= 0.3 is 0 Å². The van der Waals surface area contributed by atoms with Gasteiger partial charge in [-0.25, -0.2) is 14.5 Å². The van der Waals surface area contributed by atoms with Gasteiger partial charge in [-0.3, -0.25) is 9.97 Å². The SMILES string of the molecule is C(=C\c1nc2ccc3ncccc3n2n1)/c1cnc2ccccc2n1. The average molecular weight is 324 g/mol. The third kappa shape index (κ3) is 2.40. The van der Waals surface area contributed by atoms with Gasteiger partial charge in [0.15, 0.2) is 11.5 Å². The zero-order valence-corrected chi connectivity index (χ0v) is 13.1. The summed E-state index contributed by atoms with van der Waals surface area (Å²) in [4.78, 5) is 17.8. The standard InChI is InChI=1S/C19H12N6/c1-2-5-15-14(4-1)21-12-13(22-15)7-9-18-23-19-10-8-16-17(25(19)24-18)6-3-11-20-16/h1-12H/b9-7+. The Balaban J connectivity index is 1.56. The second-order valence-corrected chi connectivity index (χ2v) is 5.60. The van der Waals surface area contributed by atoms with E-state index in [1.54, 1.807) is 16.9 Å². The highest BCUT2D eigenvalue weighted by Crippen LogP contribution is 2.15. The van der Waals surface area contributed by atoms with Crippen molar-refractivity contribution in [1.82, 2.24) is 29.5 Å². The summed E-state index contributed by atoms with van der Waals surface area (Å²) in [6.07, 6.45) is 7.22. The molecule has 6 heteroatoms. The third-order valence-corrected chi connectivity index (χ3v) is 3.95. The van der Waals surface area contributed by atoms with E-state index in [1.807, 2.05) is 60.7 Å². The highest BCUT2D eigenvalue weighted by molar-refractivity contribution is 5.78. The van der Waals surface area contributed by atoms with E-state index in [0.29, 0.717) is 5.82 Å². The number of benzene rings is 1. The summed E-state index contributed by atoms with van der Waals surface area (Å²) in [5.74, 6) is 0.617. The van der Waals surface area contributed by atoms with Gasteiger partial charge in [-0.2, -0.15) is 0 Å². The van der Waals surface area contributed by atoms with Crippen LogP contribution in [0.1, 0.15) is 11.5 Å². The molecule has 0 saturated heterocycles. The largest absolute Gasteiger partial charge is 0.255 e. The lowest BCUT2D eigenvalue weighted by Gasteiger charge is -1.97. The Bertz CT molecular complexity index is 1250. The van der Waals surface area contributed by atoms with E-state index in [2.05, 4.69) is 25.0 Å². The van der Waals surface area contributed by atoms with Crippen LogP contribution in [-0.2, 0) is 0 Å². The van der Waals surface area contributed by atoms with Crippen molar-refractivity contribution in [2.24, 2.45) is 0 Å². The molecule has 4 heterocycles. The molecular weight excluding hydrogens is 312 g/mol. The molecule has 0 unspecified atom stereocenters. The van der Waals surface area contributed by atoms with Gasteiger partial charge in [-0.15, -0.1) is 5.10 Å². The van der Waals surface area contributed by atoms with Gasteiger partial charge in [0.05, 0.1) is 34.0 Å². The summed E-state index contributed by atoms with van der Waals surface area (Å²) in [5.41, 5.74) is 5.11. The van der Waals surface area contributed by atoms with Gasteiger partial charge in [-0.05, 0) is 48.6 Å². The Morgan fingerprint density at radius 3 is 2.64 bits per heavy atom. The van der Waals surface area contributed by atoms with Crippen molar-refractivity contribution in [3.8, 4) is 0 Å². The number of pyridine rings is 2. The third-order valence-electron chi connectivity index (χ3n) is 3.95. The lowest BCUT2D eigenvalue weighted by atomic mass is 10.3. The molecule has 0 radical (unpaired) electrons. The molecule has 0 bridgehead atoms. The van der Waals surface area contributed by atoms with Crippen LogP contribution in [0, 0.1) is 0 Å². The highest BCUT2D eigenvalue weighted by Gasteiger charge is 2.05. The molecule has 6 nitrogen and oxygen atoms in total. The summed E-state index contributed by atoms with van der Waals surface area (Å²) >= 11 is 0. The van der Waals surface area contributed by atoms with Gasteiger partial charge < -0.3 is 0 Å². The zero-order chi connectivity index (χ0) is 16.6. The van der Waals surface area contributed by atoms with E-state index in [1.165, 1.54) is 0 Å². The molecule has 0 saturated carbocycles. The van der Waals surface area contributed by atoms with Crippen molar-refractivity contribution in [2.75, 3.05) is 0 Å². The number of aromatic nitrogens is 6. The van der Waals surface area contributed by atoms with Crippen molar-refractivity contribution < 1.29 is 0 Å². The molecule has 0 aliphatic rings. The van der Waals surface area contributed by atoms with Crippen LogP contribution in [-0.4, -0.2) is 29.5 Å². The maximum absolute atomic E-state index is 4.57. The van der Waals surface area contributed by atoms with E-state index in [4.69, 9.17) is 0 Å². The highest BCUT2D eigenvalue weighted by atomic mass is 15.3. The number of fused-ring (bicyclic) bond motifs is 4. The van der Waals surface area contributed by atoms with Crippen LogP contribution in [0.2, 0.25) is 0 Å². The number of nitrogens with zero attached hydrogens (tertiary/aromatic N) is 6. The summed E-state index contributed by atoms with van der Waals surface area (Å²) in [6, 6.07) is 15.5. The second-order valence-electron chi connectivity index (χ2n) is 5.60. The fraction of sp³-hybridized carbons (Fsp3) is 0. The molecule has 0 amide bonds. The number of para-hydroxylation sites is 2. The molecule has 0 aliphatic heterocycles. The fourth-order valence-electron chi connectivity index (χ4n) is 2.78. The summed E-state index contributed by atoms with van der Waals surface area (Å²) < 4.78 is 1.80. The molecular formula is C19H12N6. The molecule has 118 valence electrons. The van der Waals surface area contributed by atoms with Gasteiger partial charge in [0, 0.05) is 6.20 Å². The van der Waals surface area contributed by atoms with Crippen molar-refractivity contribution in [2.45, 2.75) is 0 Å². The lowest BCUT2D eigenvalue weighted by molar-refractivity contribution is 0.991. The first-order valence-corrected chi connectivity index (χ1v) is 7.87. The minimum absolute atomic E-state index is 0.617. The number of hydrogen-bond donors (Lipinski definition) is 0. The normalized spacial score (nSPS) is 11.8. The van der Waals surface area contributed by atoms with E-state index < -0.39 is 0 Å². The van der Waals surface area contributed by atoms with Crippen LogP contribution in [0.5, 0.6) is 0 Å². The lowest BCUT2D eigenvalue weighted by Crippen LogP contribution is -1.91. The minimum atomic E-state index is 0.617. The Kier molecular flexibility index (Phi) is 3.00. The van der Waals surface area contributed by atoms with E-state index in [0.717, 1.165) is 33.4 Å². The van der Waals surface area contributed by atoms with Gasteiger partial charge in [-0.1, -0.05) is 12.1 Å². The second kappa shape index (κ2) is 5.45. The van der Waals surface area contributed by atoms with Crippen molar-refractivity contribution >= 4 is 39.9 Å². The van der Waals surface area contributed by atoms with Crippen molar-refractivity contribution in [3.05, 3.63) is 72.4 Å². The quantitative estimate of drug-likeness (QED) is 0.498. The van der Waals surface area contributed by atoms with Crippen LogP contribution in [0.3, 0.4) is 0 Å². The molecule has 0 atom stereocenters. The van der Waals surface area contributed by atoms with E-state index in [-0.39, 0.29) is 0 Å². The summed E-state index contributed by atoms with van der Waals surface area (Å²) in [7, 11) is 0. The van der Waals surface area contributed by atoms with Crippen LogP contribution >= 0.6 is 0 Å². The maximum atomic E-state index is 4.57. The molecule has 0 aliphatic carbocycles. The maximum Gasteiger partial charge on any atom is 0.175 e.